The molecule has 1 aromatic carbocycles. The van der Waals surface area contributed by atoms with Crippen molar-refractivity contribution in [2.75, 3.05) is 11.5 Å². The lowest BCUT2D eigenvalue weighted by molar-refractivity contribution is 0.0925. The van der Waals surface area contributed by atoms with Gasteiger partial charge in [-0.3, -0.25) is 9.78 Å². The molecule has 116 valence electrons. The molecule has 4 nitrogen and oxygen atoms in total. The second-order valence-electron chi connectivity index (χ2n) is 5.64. The van der Waals surface area contributed by atoms with Gasteiger partial charge in [0, 0.05) is 23.1 Å². The third-order valence-electron chi connectivity index (χ3n) is 4.11. The van der Waals surface area contributed by atoms with Crippen molar-refractivity contribution in [1.82, 2.24) is 10.3 Å². The van der Waals surface area contributed by atoms with E-state index in [1.54, 1.807) is 24.0 Å². The van der Waals surface area contributed by atoms with E-state index in [4.69, 9.17) is 0 Å². The van der Waals surface area contributed by atoms with Crippen LogP contribution in [-0.4, -0.2) is 27.9 Å². The monoisotopic (exact) mass is 323 g/mol. The van der Waals surface area contributed by atoms with Gasteiger partial charge < -0.3 is 5.32 Å². The summed E-state index contributed by atoms with van der Waals surface area (Å²) in [6.07, 6.45) is 2.43. The van der Waals surface area contributed by atoms with Gasteiger partial charge in [0.1, 0.15) is 5.54 Å². The summed E-state index contributed by atoms with van der Waals surface area (Å²) >= 11 is 1.70. The molecule has 1 aliphatic rings. The van der Waals surface area contributed by atoms with Gasteiger partial charge in [-0.15, -0.1) is 0 Å². The van der Waals surface area contributed by atoms with Crippen molar-refractivity contribution in [3.05, 3.63) is 53.7 Å². The lowest BCUT2D eigenvalue weighted by Gasteiger charge is -2.22. The highest BCUT2D eigenvalue weighted by Gasteiger charge is 2.36. The number of rotatable bonds is 3. The number of aromatic nitrogens is 1. The molecule has 1 atom stereocenters. The quantitative estimate of drug-likeness (QED) is 0.942. The number of thioether (sulfide) groups is 1. The molecule has 0 saturated carbocycles. The standard InChI is InChI=1S/C18H17N3OS/c1-13-14(16-7-2-3-9-20-16)5-4-6-15(13)17(22)21-18(11-19)8-10-23-12-18/h2-7,9H,8,10,12H2,1H3,(H,21,22)/t18-/m0/s1. The van der Waals surface area contributed by atoms with Crippen LogP contribution in [0.5, 0.6) is 0 Å². The van der Waals surface area contributed by atoms with Crippen LogP contribution in [0.1, 0.15) is 22.3 Å². The first kappa shape index (κ1) is 15.6. The van der Waals surface area contributed by atoms with Crippen LogP contribution in [-0.2, 0) is 0 Å². The number of hydrogen-bond donors (Lipinski definition) is 1. The fourth-order valence-corrected chi connectivity index (χ4v) is 4.01. The number of benzene rings is 1. The molecule has 0 spiro atoms. The second-order valence-corrected chi connectivity index (χ2v) is 6.75. The van der Waals surface area contributed by atoms with Crippen molar-refractivity contribution in [3.63, 3.8) is 0 Å². The van der Waals surface area contributed by atoms with Gasteiger partial charge in [-0.05, 0) is 42.9 Å². The average Bonchev–Trinajstić information content (AvgIpc) is 3.05. The van der Waals surface area contributed by atoms with E-state index in [9.17, 15) is 10.1 Å². The minimum Gasteiger partial charge on any atom is -0.333 e. The van der Waals surface area contributed by atoms with Gasteiger partial charge in [-0.2, -0.15) is 17.0 Å². The zero-order valence-corrected chi connectivity index (χ0v) is 13.7. The van der Waals surface area contributed by atoms with Crippen molar-refractivity contribution in [3.8, 4) is 17.3 Å². The van der Waals surface area contributed by atoms with E-state index in [1.807, 2.05) is 37.3 Å². The van der Waals surface area contributed by atoms with Crippen LogP contribution >= 0.6 is 11.8 Å². The number of hydrogen-bond acceptors (Lipinski definition) is 4. The molecule has 1 aliphatic heterocycles. The van der Waals surface area contributed by atoms with E-state index in [1.165, 1.54) is 0 Å². The van der Waals surface area contributed by atoms with E-state index in [0.29, 0.717) is 17.7 Å². The predicted octanol–water partition coefficient (Wildman–Crippen LogP) is 3.19. The molecule has 0 unspecified atom stereocenters. The molecule has 0 aliphatic carbocycles. The number of carbonyl (C=O) groups is 1. The summed E-state index contributed by atoms with van der Waals surface area (Å²) in [5, 5.41) is 12.4. The topological polar surface area (TPSA) is 65.8 Å². The minimum absolute atomic E-state index is 0.190. The molecule has 0 radical (unpaired) electrons. The molecule has 5 heteroatoms. The van der Waals surface area contributed by atoms with E-state index in [2.05, 4.69) is 16.4 Å². The normalized spacial score (nSPS) is 20.0. The summed E-state index contributed by atoms with van der Waals surface area (Å²) < 4.78 is 0. The Kier molecular flexibility index (Phi) is 4.35. The summed E-state index contributed by atoms with van der Waals surface area (Å²) in [5.41, 5.74) is 2.51. The number of carbonyl (C=O) groups excluding carboxylic acids is 1. The Morgan fingerprint density at radius 3 is 2.87 bits per heavy atom. The van der Waals surface area contributed by atoms with Crippen molar-refractivity contribution in [1.29, 1.82) is 5.26 Å². The third kappa shape index (κ3) is 3.08. The van der Waals surface area contributed by atoms with Gasteiger partial charge in [-0.1, -0.05) is 18.2 Å². The van der Waals surface area contributed by atoms with Crippen LogP contribution in [0.4, 0.5) is 0 Å². The molecule has 3 rings (SSSR count). The van der Waals surface area contributed by atoms with Crippen molar-refractivity contribution < 1.29 is 4.79 Å². The molecule has 23 heavy (non-hydrogen) atoms. The van der Waals surface area contributed by atoms with Crippen molar-refractivity contribution >= 4 is 17.7 Å². The van der Waals surface area contributed by atoms with E-state index < -0.39 is 5.54 Å². The van der Waals surface area contributed by atoms with Gasteiger partial charge >= 0.3 is 0 Å². The predicted molar refractivity (Wildman–Crippen MR) is 92.2 cm³/mol. The number of nitriles is 1. The Hall–Kier alpha value is -2.32. The summed E-state index contributed by atoms with van der Waals surface area (Å²) in [6.45, 7) is 1.92. The Morgan fingerprint density at radius 1 is 1.35 bits per heavy atom. The first-order chi connectivity index (χ1) is 11.2. The van der Waals surface area contributed by atoms with Crippen LogP contribution in [0, 0.1) is 18.3 Å². The average molecular weight is 323 g/mol. The summed E-state index contributed by atoms with van der Waals surface area (Å²) in [4.78, 5) is 17.0. The Bertz CT molecular complexity index is 762. The molecule has 2 aromatic rings. The molecule has 0 bridgehead atoms. The number of pyridine rings is 1. The van der Waals surface area contributed by atoms with Gasteiger partial charge in [0.2, 0.25) is 0 Å². The lowest BCUT2D eigenvalue weighted by atomic mass is 9.96. The number of nitrogens with zero attached hydrogens (tertiary/aromatic N) is 2. The van der Waals surface area contributed by atoms with Crippen LogP contribution in [0.25, 0.3) is 11.3 Å². The summed E-state index contributed by atoms with van der Waals surface area (Å²) in [7, 11) is 0. The van der Waals surface area contributed by atoms with Gasteiger partial charge in [0.25, 0.3) is 5.91 Å². The SMILES string of the molecule is Cc1c(C(=O)N[C@]2(C#N)CCSC2)cccc1-c1ccccn1. The van der Waals surface area contributed by atoms with Gasteiger partial charge in [0.15, 0.2) is 0 Å². The maximum atomic E-state index is 12.7. The molecule has 2 heterocycles. The highest BCUT2D eigenvalue weighted by Crippen LogP contribution is 2.29. The highest BCUT2D eigenvalue weighted by molar-refractivity contribution is 7.99. The summed E-state index contributed by atoms with van der Waals surface area (Å²) in [6, 6.07) is 13.6. The van der Waals surface area contributed by atoms with Gasteiger partial charge in [-0.25, -0.2) is 0 Å². The second kappa shape index (κ2) is 6.43. The first-order valence-corrected chi connectivity index (χ1v) is 8.63. The van der Waals surface area contributed by atoms with Crippen LogP contribution in [0.15, 0.2) is 42.6 Å². The molecule has 1 saturated heterocycles. The zero-order valence-electron chi connectivity index (χ0n) is 12.9. The number of amides is 1. The smallest absolute Gasteiger partial charge is 0.252 e. The van der Waals surface area contributed by atoms with E-state index >= 15 is 0 Å². The van der Waals surface area contributed by atoms with Crippen LogP contribution in [0.3, 0.4) is 0 Å². The first-order valence-electron chi connectivity index (χ1n) is 7.48. The third-order valence-corrected chi connectivity index (χ3v) is 5.30. The molecule has 1 aromatic heterocycles. The minimum atomic E-state index is -0.741. The van der Waals surface area contributed by atoms with Crippen molar-refractivity contribution in [2.45, 2.75) is 18.9 Å². The number of nitrogens with one attached hydrogen (secondary N) is 1. The molecular weight excluding hydrogens is 306 g/mol. The Morgan fingerprint density at radius 2 is 2.22 bits per heavy atom. The Labute approximate surface area is 139 Å². The maximum absolute atomic E-state index is 12.7. The highest BCUT2D eigenvalue weighted by atomic mass is 32.2. The molecule has 1 amide bonds. The maximum Gasteiger partial charge on any atom is 0.252 e. The lowest BCUT2D eigenvalue weighted by Crippen LogP contribution is -2.47. The molecule has 1 fully saturated rings. The van der Waals surface area contributed by atoms with Crippen molar-refractivity contribution in [2.24, 2.45) is 0 Å². The zero-order chi connectivity index (χ0) is 16.3. The van der Waals surface area contributed by atoms with E-state index in [-0.39, 0.29) is 5.91 Å². The molecular formula is C18H17N3OS. The largest absolute Gasteiger partial charge is 0.333 e. The summed E-state index contributed by atoms with van der Waals surface area (Å²) in [5.74, 6) is 1.36. The van der Waals surface area contributed by atoms with Crippen LogP contribution < -0.4 is 5.32 Å². The van der Waals surface area contributed by atoms with Crippen LogP contribution in [0.2, 0.25) is 0 Å². The Balaban J connectivity index is 1.92. The molecule has 1 N–H and O–H groups in total. The van der Waals surface area contributed by atoms with E-state index in [0.717, 1.165) is 22.6 Å². The fraction of sp³-hybridized carbons (Fsp3) is 0.278. The van der Waals surface area contributed by atoms with Gasteiger partial charge in [0.05, 0.1) is 11.8 Å². The fourth-order valence-electron chi connectivity index (χ4n) is 2.75.